The van der Waals surface area contributed by atoms with Gasteiger partial charge in [-0.3, -0.25) is 19.3 Å². The Morgan fingerprint density at radius 3 is 2.82 bits per heavy atom. The SMILES string of the molecule is CO/N=C(\C(=O)NC1C(=O)N2C(C(=O)O)=C(C[n+]3ccc4c(C(N)=O)cccc4c3)CS[C@H]12)c1noc(N)n1. The minimum Gasteiger partial charge on any atom is -0.477 e. The molecule has 6 N–H and O–H groups in total. The third-order valence-corrected chi connectivity index (χ3v) is 7.44. The smallest absolute Gasteiger partial charge is 0.352 e. The summed E-state index contributed by atoms with van der Waals surface area (Å²) >= 11 is 1.30. The molecular formula is C23H21N8O7S+. The van der Waals surface area contributed by atoms with E-state index in [1.54, 1.807) is 35.2 Å². The molecule has 1 fully saturated rings. The topological polar surface area (TPSA) is 220 Å². The molecule has 1 unspecified atom stereocenters. The van der Waals surface area contributed by atoms with E-state index in [2.05, 4.69) is 30.0 Å². The first kappa shape index (κ1) is 25.7. The summed E-state index contributed by atoms with van der Waals surface area (Å²) in [5.74, 6) is -3.21. The Kier molecular flexibility index (Phi) is 6.61. The quantitative estimate of drug-likeness (QED) is 0.114. The summed E-state index contributed by atoms with van der Waals surface area (Å²) < 4.78 is 6.43. The molecule has 16 heteroatoms. The van der Waals surface area contributed by atoms with Crippen molar-refractivity contribution >= 4 is 58.0 Å². The zero-order chi connectivity index (χ0) is 27.8. The number of nitrogen functional groups attached to an aromatic ring is 1. The van der Waals surface area contributed by atoms with Crippen molar-refractivity contribution in [2.75, 3.05) is 18.6 Å². The van der Waals surface area contributed by atoms with Gasteiger partial charge in [0.2, 0.25) is 17.4 Å². The van der Waals surface area contributed by atoms with E-state index in [9.17, 15) is 24.3 Å². The van der Waals surface area contributed by atoms with E-state index in [4.69, 9.17) is 11.5 Å². The predicted molar refractivity (Wildman–Crippen MR) is 135 cm³/mol. The first-order chi connectivity index (χ1) is 18.7. The molecule has 0 radical (unpaired) electrons. The van der Waals surface area contributed by atoms with Crippen molar-refractivity contribution in [1.29, 1.82) is 0 Å². The molecule has 1 saturated heterocycles. The van der Waals surface area contributed by atoms with Gasteiger partial charge in [-0.05, 0) is 12.1 Å². The Balaban J connectivity index is 1.37. The lowest BCUT2D eigenvalue weighted by molar-refractivity contribution is -0.687. The molecule has 3 amide bonds. The highest BCUT2D eigenvalue weighted by molar-refractivity contribution is 8.00. The molecule has 200 valence electrons. The van der Waals surface area contributed by atoms with Gasteiger partial charge in [0.05, 0.1) is 0 Å². The van der Waals surface area contributed by atoms with Gasteiger partial charge in [0.1, 0.15) is 24.2 Å². The maximum absolute atomic E-state index is 13.1. The minimum absolute atomic E-state index is 0.149. The fourth-order valence-electron chi connectivity index (χ4n) is 4.43. The molecule has 2 aliphatic rings. The van der Waals surface area contributed by atoms with Gasteiger partial charge in [0, 0.05) is 33.7 Å². The Labute approximate surface area is 223 Å². The van der Waals surface area contributed by atoms with E-state index < -0.39 is 35.1 Å². The number of anilines is 1. The van der Waals surface area contributed by atoms with E-state index in [0.29, 0.717) is 16.5 Å². The summed E-state index contributed by atoms with van der Waals surface area (Å²) in [6.07, 6.45) is 3.48. The van der Waals surface area contributed by atoms with Crippen LogP contribution in [-0.2, 0) is 25.8 Å². The van der Waals surface area contributed by atoms with Crippen LogP contribution in [0.2, 0.25) is 0 Å². The standard InChI is InChI=1S/C23H20N8O7S/c1-37-28-14(18-27-23(25)38-29-18)19(33)26-15-20(34)31-16(22(35)36)11(9-39-21(15)31)8-30-6-5-12-10(7-30)3-2-4-13(12)17(24)32/h2-7,15,21H,8-9H2,1H3,(H5-,24,25,26,27,29,32,33,35,36)/p+1/b28-14-/t15?,21-/m1/s1. The third-order valence-electron chi connectivity index (χ3n) is 6.10. The van der Waals surface area contributed by atoms with Crippen molar-refractivity contribution in [3.63, 3.8) is 0 Å². The maximum Gasteiger partial charge on any atom is 0.352 e. The van der Waals surface area contributed by atoms with Crippen molar-refractivity contribution in [2.45, 2.75) is 18.0 Å². The number of pyridine rings is 1. The number of carbonyl (C=O) groups excluding carboxylic acids is 3. The largest absolute Gasteiger partial charge is 0.477 e. The molecule has 0 bridgehead atoms. The molecule has 5 rings (SSSR count). The highest BCUT2D eigenvalue weighted by Crippen LogP contribution is 2.40. The molecule has 3 aromatic rings. The second-order valence-corrected chi connectivity index (χ2v) is 9.59. The summed E-state index contributed by atoms with van der Waals surface area (Å²) in [4.78, 5) is 59.4. The fraction of sp³-hybridized carbons (Fsp3) is 0.217. The van der Waals surface area contributed by atoms with Crippen molar-refractivity contribution < 1.29 is 38.2 Å². The Morgan fingerprint density at radius 1 is 1.36 bits per heavy atom. The van der Waals surface area contributed by atoms with Crippen LogP contribution in [0, 0.1) is 0 Å². The lowest BCUT2D eigenvalue weighted by Gasteiger charge is -2.49. The van der Waals surface area contributed by atoms with Gasteiger partial charge >= 0.3 is 12.0 Å². The number of nitrogens with two attached hydrogens (primary N) is 2. The van der Waals surface area contributed by atoms with E-state index in [1.807, 2.05) is 6.07 Å². The van der Waals surface area contributed by atoms with Crippen LogP contribution in [-0.4, -0.2) is 73.8 Å². The van der Waals surface area contributed by atoms with E-state index in [0.717, 1.165) is 10.3 Å². The average molecular weight is 554 g/mol. The molecule has 0 spiro atoms. The number of β-lactam (4-membered cyclic amide) rings is 1. The number of carboxylic acid groups (broad SMARTS) is 1. The summed E-state index contributed by atoms with van der Waals surface area (Å²) in [6, 6.07) is 5.56. The number of amides is 3. The van der Waals surface area contributed by atoms with Crippen molar-refractivity contribution in [3.8, 4) is 0 Å². The number of nitrogens with zero attached hydrogens (tertiary/aromatic N) is 5. The molecule has 2 atom stereocenters. The zero-order valence-corrected chi connectivity index (χ0v) is 21.0. The summed E-state index contributed by atoms with van der Waals surface area (Å²) in [5, 5.41) is 20.4. The average Bonchev–Trinajstić information content (AvgIpc) is 3.34. The normalized spacial score (nSPS) is 18.9. The highest BCUT2D eigenvalue weighted by atomic mass is 32.2. The minimum atomic E-state index is -1.27. The summed E-state index contributed by atoms with van der Waals surface area (Å²) in [6.45, 7) is 0.183. The monoisotopic (exact) mass is 553 g/mol. The lowest BCUT2D eigenvalue weighted by Crippen LogP contribution is -2.71. The highest BCUT2D eigenvalue weighted by Gasteiger charge is 2.55. The number of carboxylic acids is 1. The number of nitrogens with one attached hydrogen (secondary N) is 1. The fourth-order valence-corrected chi connectivity index (χ4v) is 5.76. The predicted octanol–water partition coefficient (Wildman–Crippen LogP) is -1.02. The zero-order valence-electron chi connectivity index (χ0n) is 20.2. The molecule has 2 aromatic heterocycles. The van der Waals surface area contributed by atoms with Crippen molar-refractivity contribution in [2.24, 2.45) is 10.9 Å². The number of fused-ring (bicyclic) bond motifs is 2. The molecule has 0 saturated carbocycles. The Hall–Kier alpha value is -4.99. The molecule has 0 aliphatic carbocycles. The Bertz CT molecular complexity index is 1600. The number of hydrogen-bond acceptors (Lipinski definition) is 11. The van der Waals surface area contributed by atoms with Gasteiger partial charge < -0.3 is 31.3 Å². The van der Waals surface area contributed by atoms with Crippen LogP contribution in [0.4, 0.5) is 6.01 Å². The number of aliphatic carboxylic acids is 1. The van der Waals surface area contributed by atoms with E-state index in [1.165, 1.54) is 18.9 Å². The first-order valence-electron chi connectivity index (χ1n) is 11.3. The number of hydrogen-bond donors (Lipinski definition) is 4. The molecule has 1 aromatic carbocycles. The lowest BCUT2D eigenvalue weighted by atomic mass is 10.0. The number of aromatic nitrogens is 3. The van der Waals surface area contributed by atoms with Gasteiger partial charge in [0.25, 0.3) is 11.8 Å². The van der Waals surface area contributed by atoms with Crippen LogP contribution in [0.25, 0.3) is 10.8 Å². The number of thioether (sulfide) groups is 1. The summed E-state index contributed by atoms with van der Waals surface area (Å²) in [5.41, 5.74) is 11.2. The first-order valence-corrected chi connectivity index (χ1v) is 12.4. The number of benzene rings is 1. The molecular weight excluding hydrogens is 532 g/mol. The second kappa shape index (κ2) is 10.1. The van der Waals surface area contributed by atoms with E-state index >= 15 is 0 Å². The molecule has 2 aliphatic heterocycles. The van der Waals surface area contributed by atoms with Crippen LogP contribution in [0.1, 0.15) is 16.2 Å². The van der Waals surface area contributed by atoms with E-state index in [-0.39, 0.29) is 35.5 Å². The van der Waals surface area contributed by atoms with Gasteiger partial charge in [0.15, 0.2) is 18.9 Å². The van der Waals surface area contributed by atoms with Gasteiger partial charge in [-0.2, -0.15) is 4.98 Å². The molecule has 39 heavy (non-hydrogen) atoms. The van der Waals surface area contributed by atoms with Gasteiger partial charge in [-0.15, -0.1) is 11.8 Å². The van der Waals surface area contributed by atoms with Crippen LogP contribution in [0.3, 0.4) is 0 Å². The van der Waals surface area contributed by atoms with Crippen molar-refractivity contribution in [3.05, 3.63) is 59.3 Å². The number of primary amides is 1. The maximum atomic E-state index is 13.1. The molecule has 15 nitrogen and oxygen atoms in total. The second-order valence-electron chi connectivity index (χ2n) is 8.49. The number of rotatable bonds is 8. The van der Waals surface area contributed by atoms with Crippen LogP contribution in [0.15, 0.2) is 57.6 Å². The Morgan fingerprint density at radius 2 is 2.15 bits per heavy atom. The van der Waals surface area contributed by atoms with Crippen LogP contribution >= 0.6 is 11.8 Å². The number of oxime groups is 1. The van der Waals surface area contributed by atoms with Gasteiger partial charge in [-0.25, -0.2) is 9.36 Å². The van der Waals surface area contributed by atoms with Crippen molar-refractivity contribution in [1.82, 2.24) is 20.4 Å². The number of carbonyl (C=O) groups is 4. The van der Waals surface area contributed by atoms with Crippen LogP contribution in [0.5, 0.6) is 0 Å². The molecule has 4 heterocycles. The van der Waals surface area contributed by atoms with Gasteiger partial charge in [-0.1, -0.05) is 16.4 Å². The summed E-state index contributed by atoms with van der Waals surface area (Å²) in [7, 11) is 1.21. The van der Waals surface area contributed by atoms with Crippen LogP contribution < -0.4 is 21.4 Å². The third kappa shape index (κ3) is 4.61.